The molecule has 4 rings (SSSR count). The van der Waals surface area contributed by atoms with E-state index in [0.29, 0.717) is 18.2 Å². The molecule has 1 aromatic carbocycles. The van der Waals surface area contributed by atoms with Crippen LogP contribution in [0.15, 0.2) is 57.5 Å². The maximum absolute atomic E-state index is 12.4. The molecule has 1 unspecified atom stereocenters. The fourth-order valence-corrected chi connectivity index (χ4v) is 4.38. The third-order valence-electron chi connectivity index (χ3n) is 4.30. The molecule has 2 aromatic heterocycles. The smallest absolute Gasteiger partial charge is 0.230 e. The molecule has 3 aromatic rings. The number of carbonyl (C=O) groups excluding carboxylic acids is 1. The van der Waals surface area contributed by atoms with Gasteiger partial charge in [0.25, 0.3) is 0 Å². The van der Waals surface area contributed by atoms with Gasteiger partial charge in [0.1, 0.15) is 5.76 Å². The number of hydrogen-bond acceptors (Lipinski definition) is 7. The maximum Gasteiger partial charge on any atom is 0.230 e. The van der Waals surface area contributed by atoms with Crippen LogP contribution in [0.1, 0.15) is 30.2 Å². The molecule has 140 valence electrons. The molecular weight excluding hydrogens is 380 g/mol. The normalized spacial score (nSPS) is 14.7. The number of hydrogen-bond donors (Lipinski definition) is 2. The number of aromatic nitrogens is 2. The second-order valence-corrected chi connectivity index (χ2v) is 8.59. The lowest BCUT2D eigenvalue weighted by atomic mass is 10.0. The molecule has 2 N–H and O–H groups in total. The van der Waals surface area contributed by atoms with Gasteiger partial charge < -0.3 is 15.1 Å². The monoisotopic (exact) mass is 400 g/mol. The van der Waals surface area contributed by atoms with E-state index in [1.54, 1.807) is 6.26 Å². The third-order valence-corrected chi connectivity index (χ3v) is 6.31. The lowest BCUT2D eigenvalue weighted by Gasteiger charge is -2.18. The van der Waals surface area contributed by atoms with Crippen molar-refractivity contribution in [3.05, 3.63) is 60.1 Å². The summed E-state index contributed by atoms with van der Waals surface area (Å²) < 4.78 is 6.05. The molecule has 1 amide bonds. The van der Waals surface area contributed by atoms with Gasteiger partial charge in [0.15, 0.2) is 4.34 Å². The number of thioether (sulfide) groups is 1. The van der Waals surface area contributed by atoms with E-state index in [1.807, 2.05) is 30.3 Å². The number of benzene rings is 1. The highest BCUT2D eigenvalue weighted by molar-refractivity contribution is 8.01. The minimum Gasteiger partial charge on any atom is -0.467 e. The molecule has 1 saturated carbocycles. The van der Waals surface area contributed by atoms with Crippen LogP contribution in [-0.2, 0) is 11.3 Å². The Bertz CT molecular complexity index is 863. The van der Waals surface area contributed by atoms with Gasteiger partial charge in [-0.2, -0.15) is 0 Å². The minimum absolute atomic E-state index is 0.0287. The van der Waals surface area contributed by atoms with E-state index in [9.17, 15) is 4.79 Å². The quantitative estimate of drug-likeness (QED) is 0.526. The molecule has 6 nitrogen and oxygen atoms in total. The van der Waals surface area contributed by atoms with Crippen molar-refractivity contribution < 1.29 is 9.21 Å². The Morgan fingerprint density at radius 1 is 1.22 bits per heavy atom. The molecule has 1 fully saturated rings. The number of anilines is 1. The standard InChI is InChI=1S/C19H20N4O2S2/c24-16(21-17(14-8-9-14)13-5-2-1-3-6-13)12-26-19-23-22-18(27-19)20-11-15-7-4-10-25-15/h1-7,10,14,17H,8-9,11-12H2,(H,20,22)(H,21,24). The molecule has 1 atom stereocenters. The average molecular weight is 401 g/mol. The van der Waals surface area contributed by atoms with Crippen LogP contribution in [0.3, 0.4) is 0 Å². The molecule has 0 bridgehead atoms. The lowest BCUT2D eigenvalue weighted by Crippen LogP contribution is -2.31. The predicted molar refractivity (Wildman–Crippen MR) is 107 cm³/mol. The molecule has 0 saturated heterocycles. The van der Waals surface area contributed by atoms with Crippen molar-refractivity contribution in [1.29, 1.82) is 0 Å². The van der Waals surface area contributed by atoms with Crippen LogP contribution < -0.4 is 10.6 Å². The molecule has 1 aliphatic rings. The first-order valence-corrected chi connectivity index (χ1v) is 10.6. The SMILES string of the molecule is O=C(CSc1nnc(NCc2ccco2)s1)NC(c1ccccc1)C1CC1. The molecule has 0 spiro atoms. The summed E-state index contributed by atoms with van der Waals surface area (Å²) in [6.45, 7) is 0.562. The number of carbonyl (C=O) groups is 1. The Morgan fingerprint density at radius 3 is 2.81 bits per heavy atom. The van der Waals surface area contributed by atoms with E-state index in [-0.39, 0.29) is 11.9 Å². The summed E-state index contributed by atoms with van der Waals surface area (Å²) in [6, 6.07) is 14.1. The Balaban J connectivity index is 1.26. The van der Waals surface area contributed by atoms with Gasteiger partial charge in [-0.05, 0) is 36.5 Å². The fraction of sp³-hybridized carbons (Fsp3) is 0.316. The van der Waals surface area contributed by atoms with Crippen LogP contribution in [0.5, 0.6) is 0 Å². The number of nitrogens with one attached hydrogen (secondary N) is 2. The van der Waals surface area contributed by atoms with Crippen molar-refractivity contribution in [2.45, 2.75) is 29.8 Å². The van der Waals surface area contributed by atoms with E-state index < -0.39 is 0 Å². The Labute approximate surface area is 165 Å². The second-order valence-electron chi connectivity index (χ2n) is 6.39. The van der Waals surface area contributed by atoms with E-state index in [2.05, 4.69) is 33.0 Å². The number of rotatable bonds is 9. The van der Waals surface area contributed by atoms with Gasteiger partial charge in [0.05, 0.1) is 24.6 Å². The van der Waals surface area contributed by atoms with Gasteiger partial charge in [-0.1, -0.05) is 53.4 Å². The van der Waals surface area contributed by atoms with Crippen LogP contribution >= 0.6 is 23.1 Å². The molecule has 0 aliphatic heterocycles. The molecule has 8 heteroatoms. The number of furan rings is 1. The van der Waals surface area contributed by atoms with Crippen molar-refractivity contribution in [1.82, 2.24) is 15.5 Å². The minimum atomic E-state index is 0.0287. The van der Waals surface area contributed by atoms with Crippen molar-refractivity contribution >= 4 is 34.1 Å². The van der Waals surface area contributed by atoms with E-state index in [0.717, 1.165) is 15.2 Å². The van der Waals surface area contributed by atoms with Gasteiger partial charge in [0.2, 0.25) is 11.0 Å². The first kappa shape index (κ1) is 18.1. The van der Waals surface area contributed by atoms with Crippen molar-refractivity contribution in [2.24, 2.45) is 5.92 Å². The molecule has 1 aliphatic carbocycles. The van der Waals surface area contributed by atoms with Crippen LogP contribution in [0.25, 0.3) is 0 Å². The topological polar surface area (TPSA) is 80.1 Å². The Morgan fingerprint density at radius 2 is 2.07 bits per heavy atom. The molecular formula is C19H20N4O2S2. The second kappa shape index (κ2) is 8.58. The van der Waals surface area contributed by atoms with Gasteiger partial charge in [0, 0.05) is 0 Å². The van der Waals surface area contributed by atoms with Crippen molar-refractivity contribution in [3.8, 4) is 0 Å². The zero-order chi connectivity index (χ0) is 18.5. The highest BCUT2D eigenvalue weighted by atomic mass is 32.2. The van der Waals surface area contributed by atoms with Crippen molar-refractivity contribution in [3.63, 3.8) is 0 Å². The number of amides is 1. The van der Waals surface area contributed by atoms with Gasteiger partial charge in [-0.3, -0.25) is 4.79 Å². The Kier molecular flexibility index (Phi) is 5.74. The summed E-state index contributed by atoms with van der Waals surface area (Å²) in [7, 11) is 0. The first-order chi connectivity index (χ1) is 13.3. The summed E-state index contributed by atoms with van der Waals surface area (Å²) in [5.41, 5.74) is 1.18. The highest BCUT2D eigenvalue weighted by Gasteiger charge is 2.33. The van der Waals surface area contributed by atoms with Crippen LogP contribution in [-0.4, -0.2) is 21.9 Å². The third kappa shape index (κ3) is 5.11. The summed E-state index contributed by atoms with van der Waals surface area (Å²) in [4.78, 5) is 12.4. The van der Waals surface area contributed by atoms with Gasteiger partial charge >= 0.3 is 0 Å². The lowest BCUT2D eigenvalue weighted by molar-refractivity contribution is -0.119. The predicted octanol–water partition coefficient (Wildman–Crippen LogP) is 4.10. The first-order valence-electron chi connectivity index (χ1n) is 8.85. The van der Waals surface area contributed by atoms with Gasteiger partial charge in [-0.25, -0.2) is 0 Å². The molecule has 0 radical (unpaired) electrons. The van der Waals surface area contributed by atoms with E-state index in [4.69, 9.17) is 4.42 Å². The molecule has 2 heterocycles. The zero-order valence-electron chi connectivity index (χ0n) is 14.6. The summed E-state index contributed by atoms with van der Waals surface area (Å²) >= 11 is 2.85. The fourth-order valence-electron chi connectivity index (χ4n) is 2.82. The Hall–Kier alpha value is -2.32. The highest BCUT2D eigenvalue weighted by Crippen LogP contribution is 2.41. The van der Waals surface area contributed by atoms with Crippen molar-refractivity contribution in [2.75, 3.05) is 11.1 Å². The summed E-state index contributed by atoms with van der Waals surface area (Å²) in [6.07, 6.45) is 3.99. The number of nitrogens with zero attached hydrogens (tertiary/aromatic N) is 2. The average Bonchev–Trinajstić information content (AvgIpc) is 3.20. The van der Waals surface area contributed by atoms with E-state index >= 15 is 0 Å². The summed E-state index contributed by atoms with van der Waals surface area (Å²) in [5.74, 6) is 1.76. The maximum atomic E-state index is 12.4. The zero-order valence-corrected chi connectivity index (χ0v) is 16.3. The summed E-state index contributed by atoms with van der Waals surface area (Å²) in [5, 5.41) is 15.3. The van der Waals surface area contributed by atoms with Crippen LogP contribution in [0.4, 0.5) is 5.13 Å². The largest absolute Gasteiger partial charge is 0.467 e. The van der Waals surface area contributed by atoms with Crippen LogP contribution in [0.2, 0.25) is 0 Å². The van der Waals surface area contributed by atoms with Gasteiger partial charge in [-0.15, -0.1) is 10.2 Å². The molecule has 27 heavy (non-hydrogen) atoms. The van der Waals surface area contributed by atoms with Crippen LogP contribution in [0, 0.1) is 5.92 Å². The van der Waals surface area contributed by atoms with E-state index in [1.165, 1.54) is 41.5 Å².